The molecule has 0 bridgehead atoms. The van der Waals surface area contributed by atoms with E-state index in [1.54, 1.807) is 12.1 Å². The van der Waals surface area contributed by atoms with Crippen LogP contribution in [-0.4, -0.2) is 60.8 Å². The van der Waals surface area contributed by atoms with Gasteiger partial charge in [0.1, 0.15) is 10.8 Å². The number of piperidine rings is 1. The molecule has 1 aliphatic heterocycles. The van der Waals surface area contributed by atoms with Gasteiger partial charge in [-0.05, 0) is 31.4 Å². The fourth-order valence-corrected chi connectivity index (χ4v) is 5.83. The van der Waals surface area contributed by atoms with Gasteiger partial charge in [0.05, 0.1) is 6.42 Å². The number of thiophene rings is 1. The Morgan fingerprint density at radius 2 is 1.92 bits per heavy atom. The molecule has 0 saturated carbocycles. The molecule has 1 aromatic rings. The molecule has 1 aromatic heterocycles. The standard InChI is InChI=1S/C16H24N2O5S2/c1-2-8-17(12-15(20)21)14(19)11-13-6-7-16(24-13)25(22,23)18-9-4-3-5-10-18/h6-7H,2-5,8-12H2,1H3,(H,20,21). The van der Waals surface area contributed by atoms with E-state index in [4.69, 9.17) is 5.11 Å². The third kappa shape index (κ3) is 5.26. The number of hydrogen-bond donors (Lipinski definition) is 1. The third-order valence-electron chi connectivity index (χ3n) is 4.04. The van der Waals surface area contributed by atoms with Crippen molar-refractivity contribution in [2.24, 2.45) is 0 Å². The van der Waals surface area contributed by atoms with Crippen LogP contribution in [-0.2, 0) is 26.0 Å². The molecule has 0 radical (unpaired) electrons. The van der Waals surface area contributed by atoms with Crippen LogP contribution in [0.4, 0.5) is 0 Å². The van der Waals surface area contributed by atoms with E-state index in [0.29, 0.717) is 30.9 Å². The maximum atomic E-state index is 12.6. The molecule has 0 spiro atoms. The second kappa shape index (κ2) is 8.77. The first-order chi connectivity index (χ1) is 11.8. The number of amides is 1. The average Bonchev–Trinajstić information content (AvgIpc) is 3.04. The molecule has 0 aliphatic carbocycles. The maximum Gasteiger partial charge on any atom is 0.323 e. The quantitative estimate of drug-likeness (QED) is 0.733. The van der Waals surface area contributed by atoms with Crippen molar-refractivity contribution in [2.45, 2.75) is 43.2 Å². The number of aliphatic carboxylic acids is 1. The van der Waals surface area contributed by atoms with Crippen LogP contribution >= 0.6 is 11.3 Å². The van der Waals surface area contributed by atoms with Crippen molar-refractivity contribution in [2.75, 3.05) is 26.2 Å². The molecule has 1 amide bonds. The molecule has 1 aliphatic rings. The Balaban J connectivity index is 2.07. The van der Waals surface area contributed by atoms with E-state index < -0.39 is 16.0 Å². The Kier molecular flexibility index (Phi) is 6.97. The lowest BCUT2D eigenvalue weighted by Crippen LogP contribution is -2.37. The number of carboxylic acids is 1. The highest BCUT2D eigenvalue weighted by Gasteiger charge is 2.28. The van der Waals surface area contributed by atoms with Crippen molar-refractivity contribution in [1.82, 2.24) is 9.21 Å². The first-order valence-electron chi connectivity index (χ1n) is 8.43. The molecule has 9 heteroatoms. The average molecular weight is 389 g/mol. The van der Waals surface area contributed by atoms with E-state index in [1.807, 2.05) is 6.92 Å². The highest BCUT2D eigenvalue weighted by atomic mass is 32.2. The van der Waals surface area contributed by atoms with Gasteiger partial charge in [0, 0.05) is 24.5 Å². The summed E-state index contributed by atoms with van der Waals surface area (Å²) in [6.45, 7) is 2.98. The Bertz CT molecular complexity index is 708. The Morgan fingerprint density at radius 1 is 1.24 bits per heavy atom. The third-order valence-corrected chi connectivity index (χ3v) is 7.50. The minimum atomic E-state index is -3.49. The van der Waals surface area contributed by atoms with E-state index in [9.17, 15) is 18.0 Å². The predicted molar refractivity (Wildman–Crippen MR) is 95.1 cm³/mol. The second-order valence-electron chi connectivity index (χ2n) is 6.07. The number of hydrogen-bond acceptors (Lipinski definition) is 5. The lowest BCUT2D eigenvalue weighted by molar-refractivity contribution is -0.144. The van der Waals surface area contributed by atoms with E-state index in [0.717, 1.165) is 30.6 Å². The van der Waals surface area contributed by atoms with Gasteiger partial charge in [0.15, 0.2) is 0 Å². The highest BCUT2D eigenvalue weighted by molar-refractivity contribution is 7.91. The first kappa shape index (κ1) is 19.9. The van der Waals surface area contributed by atoms with Gasteiger partial charge in [0.2, 0.25) is 5.91 Å². The summed E-state index contributed by atoms with van der Waals surface area (Å²) in [5.41, 5.74) is 0. The minimum Gasteiger partial charge on any atom is -0.480 e. The Hall–Kier alpha value is -1.45. The summed E-state index contributed by atoms with van der Waals surface area (Å²) in [5.74, 6) is -1.35. The van der Waals surface area contributed by atoms with Gasteiger partial charge >= 0.3 is 5.97 Å². The molecule has 0 atom stereocenters. The number of carboxylic acid groups (broad SMARTS) is 1. The Labute approximate surface area is 152 Å². The second-order valence-corrected chi connectivity index (χ2v) is 9.40. The van der Waals surface area contributed by atoms with Crippen LogP contribution in [0.15, 0.2) is 16.3 Å². The monoisotopic (exact) mass is 388 g/mol. The normalized spacial score (nSPS) is 15.9. The van der Waals surface area contributed by atoms with Crippen LogP contribution in [0.1, 0.15) is 37.5 Å². The number of carbonyl (C=O) groups is 2. The zero-order valence-corrected chi connectivity index (χ0v) is 15.9. The van der Waals surface area contributed by atoms with Crippen molar-refractivity contribution in [3.63, 3.8) is 0 Å². The van der Waals surface area contributed by atoms with Gasteiger partial charge < -0.3 is 10.0 Å². The summed E-state index contributed by atoms with van der Waals surface area (Å²) in [5, 5.41) is 8.90. The van der Waals surface area contributed by atoms with Crippen molar-refractivity contribution >= 4 is 33.2 Å². The molecule has 1 fully saturated rings. The van der Waals surface area contributed by atoms with E-state index in [-0.39, 0.29) is 23.1 Å². The van der Waals surface area contributed by atoms with E-state index in [1.165, 1.54) is 9.21 Å². The van der Waals surface area contributed by atoms with Crippen LogP contribution < -0.4 is 0 Å². The van der Waals surface area contributed by atoms with Crippen molar-refractivity contribution in [1.29, 1.82) is 0 Å². The molecular weight excluding hydrogens is 364 g/mol. The van der Waals surface area contributed by atoms with Crippen molar-refractivity contribution in [3.05, 3.63) is 17.0 Å². The number of carbonyl (C=O) groups excluding carboxylic acids is 1. The van der Waals surface area contributed by atoms with Crippen LogP contribution in [0.25, 0.3) is 0 Å². The summed E-state index contributed by atoms with van der Waals surface area (Å²) in [7, 11) is -3.49. The molecule has 1 N–H and O–H groups in total. The fourth-order valence-electron chi connectivity index (χ4n) is 2.81. The molecule has 2 rings (SSSR count). The van der Waals surface area contributed by atoms with Gasteiger partial charge in [-0.25, -0.2) is 8.42 Å². The number of rotatable bonds is 8. The van der Waals surface area contributed by atoms with Gasteiger partial charge in [-0.2, -0.15) is 4.31 Å². The number of sulfonamides is 1. The summed E-state index contributed by atoms with van der Waals surface area (Å²) >= 11 is 1.09. The van der Waals surface area contributed by atoms with Crippen molar-refractivity contribution < 1.29 is 23.1 Å². The predicted octanol–water partition coefficient (Wildman–Crippen LogP) is 1.79. The topological polar surface area (TPSA) is 95.0 Å². The summed E-state index contributed by atoms with van der Waals surface area (Å²) in [6, 6.07) is 3.18. The first-order valence-corrected chi connectivity index (χ1v) is 10.7. The zero-order valence-electron chi connectivity index (χ0n) is 14.3. The largest absolute Gasteiger partial charge is 0.480 e. The molecule has 140 valence electrons. The SMILES string of the molecule is CCCN(CC(=O)O)C(=O)Cc1ccc(S(=O)(=O)N2CCCCC2)s1. The van der Waals surface area contributed by atoms with Gasteiger partial charge in [-0.3, -0.25) is 9.59 Å². The molecule has 2 heterocycles. The minimum absolute atomic E-state index is 0.0213. The van der Waals surface area contributed by atoms with E-state index >= 15 is 0 Å². The van der Waals surface area contributed by atoms with Crippen LogP contribution in [0.2, 0.25) is 0 Å². The van der Waals surface area contributed by atoms with Crippen LogP contribution in [0.3, 0.4) is 0 Å². The van der Waals surface area contributed by atoms with Gasteiger partial charge in [0.25, 0.3) is 10.0 Å². The zero-order chi connectivity index (χ0) is 18.4. The molecule has 7 nitrogen and oxygen atoms in total. The Morgan fingerprint density at radius 3 is 2.52 bits per heavy atom. The highest BCUT2D eigenvalue weighted by Crippen LogP contribution is 2.27. The fraction of sp³-hybridized carbons (Fsp3) is 0.625. The molecule has 0 aromatic carbocycles. The lowest BCUT2D eigenvalue weighted by atomic mass is 10.2. The smallest absolute Gasteiger partial charge is 0.323 e. The van der Waals surface area contributed by atoms with Crippen molar-refractivity contribution in [3.8, 4) is 0 Å². The van der Waals surface area contributed by atoms with Crippen LogP contribution in [0, 0.1) is 0 Å². The van der Waals surface area contributed by atoms with E-state index in [2.05, 4.69) is 0 Å². The number of nitrogens with zero attached hydrogens (tertiary/aromatic N) is 2. The van der Waals surface area contributed by atoms with Gasteiger partial charge in [-0.15, -0.1) is 11.3 Å². The lowest BCUT2D eigenvalue weighted by Gasteiger charge is -2.25. The van der Waals surface area contributed by atoms with Crippen LogP contribution in [0.5, 0.6) is 0 Å². The maximum absolute atomic E-state index is 12.6. The van der Waals surface area contributed by atoms with Gasteiger partial charge in [-0.1, -0.05) is 13.3 Å². The molecule has 0 unspecified atom stereocenters. The molecule has 1 saturated heterocycles. The molecular formula is C16H24N2O5S2. The summed E-state index contributed by atoms with van der Waals surface area (Å²) < 4.78 is 27.0. The summed E-state index contributed by atoms with van der Waals surface area (Å²) in [4.78, 5) is 25.1. The summed E-state index contributed by atoms with van der Waals surface area (Å²) in [6.07, 6.45) is 3.48. The molecule has 25 heavy (non-hydrogen) atoms.